The summed E-state index contributed by atoms with van der Waals surface area (Å²) in [6.45, 7) is 5.09. The number of carbonyl (C=O) groups excluding carboxylic acids is 3. The van der Waals surface area contributed by atoms with Crippen LogP contribution in [0.2, 0.25) is 0 Å². The first-order valence-electron chi connectivity index (χ1n) is 10.7. The molecule has 2 fully saturated rings. The lowest BCUT2D eigenvalue weighted by Gasteiger charge is -2.22. The fourth-order valence-corrected chi connectivity index (χ4v) is 4.88. The van der Waals surface area contributed by atoms with E-state index < -0.39 is 43.8 Å². The molecule has 1 saturated carbocycles. The SMILES string of the molecule is CC(C)OC(=O)Nc1cc(N2C(=O)N(c3ccc(S(=O)(=O)C(F)(F)F)cc3)C(=O)C23CC3C)ccn1. The number of nitrogens with one attached hydrogen (secondary N) is 1. The number of imide groups is 1. The van der Waals surface area contributed by atoms with E-state index in [1.165, 1.54) is 23.2 Å². The Morgan fingerprint density at radius 3 is 2.31 bits per heavy atom. The highest BCUT2D eigenvalue weighted by Crippen LogP contribution is 2.55. The number of anilines is 3. The van der Waals surface area contributed by atoms with Crippen LogP contribution in [0.4, 0.5) is 40.0 Å². The molecule has 4 amide bonds. The molecular formula is C22H21F3N4O6S. The van der Waals surface area contributed by atoms with E-state index in [2.05, 4.69) is 10.3 Å². The topological polar surface area (TPSA) is 126 Å². The van der Waals surface area contributed by atoms with Crippen molar-refractivity contribution in [3.05, 3.63) is 42.6 Å². The summed E-state index contributed by atoms with van der Waals surface area (Å²) in [6.07, 6.45) is 0.518. The minimum absolute atomic E-state index is 0.0713. The fraction of sp³-hybridized carbons (Fsp3) is 0.364. The number of alkyl halides is 3. The van der Waals surface area contributed by atoms with Crippen molar-refractivity contribution < 1.29 is 40.7 Å². The molecule has 1 spiro atoms. The van der Waals surface area contributed by atoms with Gasteiger partial charge in [0.2, 0.25) is 0 Å². The molecule has 192 valence electrons. The van der Waals surface area contributed by atoms with Gasteiger partial charge in [-0.25, -0.2) is 27.9 Å². The number of aromatic nitrogens is 1. The van der Waals surface area contributed by atoms with Crippen molar-refractivity contribution in [2.45, 2.75) is 49.2 Å². The summed E-state index contributed by atoms with van der Waals surface area (Å²) in [5.74, 6) is -0.765. The predicted octanol–water partition coefficient (Wildman–Crippen LogP) is 4.08. The maximum atomic E-state index is 13.4. The standard InChI is InChI=1S/C22H21F3N4O6S/c1-12(2)35-19(31)27-17-10-15(8-9-26-17)29-20(32)28(18(30)21(29)11-13(21)3)14-4-6-16(7-5-14)36(33,34)22(23,24)25/h4-10,12-13H,11H2,1-3H3,(H,26,27,31). The van der Waals surface area contributed by atoms with Gasteiger partial charge in [-0.2, -0.15) is 13.2 Å². The third-order valence-corrected chi connectivity index (χ3v) is 7.41. The third kappa shape index (κ3) is 4.04. The molecule has 2 aliphatic rings. The summed E-state index contributed by atoms with van der Waals surface area (Å²) < 4.78 is 66.9. The second kappa shape index (κ2) is 8.47. The third-order valence-electron chi connectivity index (χ3n) is 5.91. The van der Waals surface area contributed by atoms with Gasteiger partial charge in [0.1, 0.15) is 11.4 Å². The van der Waals surface area contributed by atoms with Crippen LogP contribution in [0.25, 0.3) is 0 Å². The number of carbonyl (C=O) groups is 3. The summed E-state index contributed by atoms with van der Waals surface area (Å²) in [5.41, 5.74) is -6.55. The second-order valence-electron chi connectivity index (χ2n) is 8.71. The van der Waals surface area contributed by atoms with Gasteiger partial charge in [-0.3, -0.25) is 15.0 Å². The van der Waals surface area contributed by atoms with Crippen LogP contribution in [0.1, 0.15) is 27.2 Å². The van der Waals surface area contributed by atoms with E-state index in [1.54, 1.807) is 20.8 Å². The Balaban J connectivity index is 1.67. The zero-order valence-electron chi connectivity index (χ0n) is 19.2. The normalized spacial score (nSPS) is 21.9. The Morgan fingerprint density at radius 2 is 1.78 bits per heavy atom. The molecule has 0 radical (unpaired) electrons. The molecule has 14 heteroatoms. The fourth-order valence-electron chi connectivity index (χ4n) is 4.12. The van der Waals surface area contributed by atoms with Crippen molar-refractivity contribution in [1.29, 1.82) is 0 Å². The summed E-state index contributed by atoms with van der Waals surface area (Å²) in [4.78, 5) is 43.8. The first-order chi connectivity index (χ1) is 16.7. The van der Waals surface area contributed by atoms with Crippen molar-refractivity contribution in [2.24, 2.45) is 5.92 Å². The molecular weight excluding hydrogens is 505 g/mol. The first-order valence-corrected chi connectivity index (χ1v) is 12.2. The maximum absolute atomic E-state index is 13.4. The van der Waals surface area contributed by atoms with E-state index >= 15 is 0 Å². The molecule has 1 aromatic carbocycles. The molecule has 1 aliphatic heterocycles. The molecule has 2 atom stereocenters. The average Bonchev–Trinajstić information content (AvgIpc) is 3.38. The van der Waals surface area contributed by atoms with E-state index in [0.717, 1.165) is 17.0 Å². The summed E-state index contributed by atoms with van der Waals surface area (Å²) in [6, 6.07) is 5.41. The van der Waals surface area contributed by atoms with E-state index in [-0.39, 0.29) is 29.2 Å². The van der Waals surface area contributed by atoms with Crippen LogP contribution in [-0.4, -0.2) is 48.6 Å². The van der Waals surface area contributed by atoms with Crippen molar-refractivity contribution >= 4 is 45.1 Å². The maximum Gasteiger partial charge on any atom is 0.501 e. The van der Waals surface area contributed by atoms with Crippen LogP contribution in [0.5, 0.6) is 0 Å². The van der Waals surface area contributed by atoms with E-state index in [0.29, 0.717) is 18.6 Å². The first kappa shape index (κ1) is 25.4. The lowest BCUT2D eigenvalue weighted by molar-refractivity contribution is -0.119. The predicted molar refractivity (Wildman–Crippen MR) is 121 cm³/mol. The van der Waals surface area contributed by atoms with Crippen molar-refractivity contribution in [3.8, 4) is 0 Å². The highest BCUT2D eigenvalue weighted by molar-refractivity contribution is 7.92. The molecule has 10 nitrogen and oxygen atoms in total. The van der Waals surface area contributed by atoms with Gasteiger partial charge in [0.05, 0.1) is 22.4 Å². The van der Waals surface area contributed by atoms with Crippen LogP contribution in [-0.2, 0) is 19.4 Å². The molecule has 0 bridgehead atoms. The van der Waals surface area contributed by atoms with E-state index in [9.17, 15) is 36.0 Å². The largest absolute Gasteiger partial charge is 0.501 e. The number of sulfone groups is 1. The number of benzene rings is 1. The smallest absolute Gasteiger partial charge is 0.447 e. The van der Waals surface area contributed by atoms with Gasteiger partial charge in [0, 0.05) is 12.3 Å². The molecule has 4 rings (SSSR count). The number of nitrogens with zero attached hydrogens (tertiary/aromatic N) is 3. The van der Waals surface area contributed by atoms with E-state index in [4.69, 9.17) is 4.74 Å². The van der Waals surface area contributed by atoms with E-state index in [1.807, 2.05) is 0 Å². The number of amides is 4. The Bertz CT molecular complexity index is 1350. The Labute approximate surface area is 204 Å². The summed E-state index contributed by atoms with van der Waals surface area (Å²) >= 11 is 0. The monoisotopic (exact) mass is 526 g/mol. The minimum atomic E-state index is -5.59. The number of urea groups is 1. The highest BCUT2D eigenvalue weighted by Gasteiger charge is 2.70. The Kier molecular flexibility index (Phi) is 5.98. The Hall–Kier alpha value is -3.68. The van der Waals surface area contributed by atoms with Gasteiger partial charge in [-0.15, -0.1) is 0 Å². The van der Waals surface area contributed by atoms with Crippen molar-refractivity contribution in [3.63, 3.8) is 0 Å². The Morgan fingerprint density at radius 1 is 1.17 bits per heavy atom. The number of hydrogen-bond donors (Lipinski definition) is 1. The molecule has 2 unspecified atom stereocenters. The minimum Gasteiger partial charge on any atom is -0.447 e. The van der Waals surface area contributed by atoms with Crippen LogP contribution < -0.4 is 15.1 Å². The quantitative estimate of drug-likeness (QED) is 0.582. The van der Waals surface area contributed by atoms with Crippen LogP contribution in [0.3, 0.4) is 0 Å². The van der Waals surface area contributed by atoms with Gasteiger partial charge in [0.25, 0.3) is 15.7 Å². The summed E-state index contributed by atoms with van der Waals surface area (Å²) in [5, 5.41) is 2.44. The zero-order chi connectivity index (χ0) is 26.6. The van der Waals surface area contributed by atoms with Gasteiger partial charge >= 0.3 is 17.6 Å². The van der Waals surface area contributed by atoms with Crippen LogP contribution >= 0.6 is 0 Å². The van der Waals surface area contributed by atoms with Crippen molar-refractivity contribution in [1.82, 2.24) is 4.98 Å². The van der Waals surface area contributed by atoms with Gasteiger partial charge in [0.15, 0.2) is 0 Å². The average molecular weight is 526 g/mol. The molecule has 1 saturated heterocycles. The molecule has 1 aliphatic carbocycles. The van der Waals surface area contributed by atoms with Crippen molar-refractivity contribution in [2.75, 3.05) is 15.1 Å². The number of pyridine rings is 1. The second-order valence-corrected chi connectivity index (χ2v) is 10.7. The van der Waals surface area contributed by atoms with Gasteiger partial charge in [-0.1, -0.05) is 6.92 Å². The molecule has 2 heterocycles. The summed E-state index contributed by atoms with van der Waals surface area (Å²) in [7, 11) is -5.59. The molecule has 1 N–H and O–H groups in total. The van der Waals surface area contributed by atoms with Crippen LogP contribution in [0, 0.1) is 5.92 Å². The zero-order valence-corrected chi connectivity index (χ0v) is 20.1. The highest BCUT2D eigenvalue weighted by atomic mass is 32.2. The number of rotatable bonds is 5. The molecule has 36 heavy (non-hydrogen) atoms. The van der Waals surface area contributed by atoms with Gasteiger partial charge in [-0.05, 0) is 56.5 Å². The molecule has 1 aromatic heterocycles. The number of halogens is 3. The molecule has 2 aromatic rings. The number of hydrogen-bond acceptors (Lipinski definition) is 7. The van der Waals surface area contributed by atoms with Crippen LogP contribution in [0.15, 0.2) is 47.5 Å². The lowest BCUT2D eigenvalue weighted by Crippen LogP contribution is -2.39. The number of ether oxygens (including phenoxy) is 1. The van der Waals surface area contributed by atoms with Gasteiger partial charge < -0.3 is 4.74 Å². The lowest BCUT2D eigenvalue weighted by atomic mass is 10.1.